The lowest BCUT2D eigenvalue weighted by Crippen LogP contribution is -2.57. The Labute approximate surface area is 204 Å². The van der Waals surface area contributed by atoms with Gasteiger partial charge >= 0.3 is 17.9 Å². The van der Waals surface area contributed by atoms with Crippen molar-refractivity contribution < 1.29 is 28.6 Å². The van der Waals surface area contributed by atoms with Gasteiger partial charge in [0.05, 0.1) is 6.61 Å². The fraction of sp³-hybridized carbons (Fsp3) is 0.821. The molecule has 0 heterocycles. The van der Waals surface area contributed by atoms with Gasteiger partial charge in [0, 0.05) is 39.0 Å². The topological polar surface area (TPSA) is 78.9 Å². The summed E-state index contributed by atoms with van der Waals surface area (Å²) < 4.78 is 16.9. The van der Waals surface area contributed by atoms with Crippen LogP contribution < -0.4 is 0 Å². The lowest BCUT2D eigenvalue weighted by molar-refractivity contribution is -0.172. The SMILES string of the molecule is CC(=O)OC[C@@H](C)[C@H]1CC[C@H]2[C@@H]3CC=C4CC(OC(C)=O)CC(OC(C)=O)[C@]4(C)[C@H]3CC[C@]12C. The Morgan fingerprint density at radius 3 is 2.35 bits per heavy atom. The molecule has 6 heteroatoms. The zero-order chi connectivity index (χ0) is 24.8. The third-order valence-electron chi connectivity index (χ3n) is 10.1. The van der Waals surface area contributed by atoms with E-state index in [0.29, 0.717) is 42.6 Å². The fourth-order valence-electron chi connectivity index (χ4n) is 8.69. The molecule has 3 saturated carbocycles. The predicted molar refractivity (Wildman–Crippen MR) is 127 cm³/mol. The van der Waals surface area contributed by atoms with Gasteiger partial charge in [-0.3, -0.25) is 14.4 Å². The minimum atomic E-state index is -0.280. The molecule has 0 aromatic carbocycles. The van der Waals surface area contributed by atoms with E-state index >= 15 is 0 Å². The summed E-state index contributed by atoms with van der Waals surface area (Å²) in [5.74, 6) is 1.80. The van der Waals surface area contributed by atoms with E-state index in [1.807, 2.05) is 0 Å². The van der Waals surface area contributed by atoms with E-state index in [1.165, 1.54) is 39.2 Å². The molecule has 4 aliphatic rings. The molecule has 2 unspecified atom stereocenters. The van der Waals surface area contributed by atoms with Crippen molar-refractivity contribution in [3.8, 4) is 0 Å². The van der Waals surface area contributed by atoms with Gasteiger partial charge in [0.2, 0.25) is 0 Å². The van der Waals surface area contributed by atoms with Crippen molar-refractivity contribution in [1.82, 2.24) is 0 Å². The highest BCUT2D eigenvalue weighted by atomic mass is 16.6. The first-order valence-electron chi connectivity index (χ1n) is 13.1. The molecule has 0 radical (unpaired) electrons. The average Bonchev–Trinajstić information content (AvgIpc) is 3.09. The summed E-state index contributed by atoms with van der Waals surface area (Å²) in [7, 11) is 0. The van der Waals surface area contributed by atoms with Crippen LogP contribution in [-0.4, -0.2) is 36.7 Å². The Kier molecular flexibility index (Phi) is 6.91. The summed E-state index contributed by atoms with van der Waals surface area (Å²) in [6.07, 6.45) is 8.88. The van der Waals surface area contributed by atoms with Gasteiger partial charge in [0.25, 0.3) is 0 Å². The van der Waals surface area contributed by atoms with Crippen molar-refractivity contribution in [2.45, 2.75) is 98.7 Å². The monoisotopic (exact) mass is 474 g/mol. The van der Waals surface area contributed by atoms with Gasteiger partial charge in [0.15, 0.2) is 0 Å². The predicted octanol–water partition coefficient (Wildman–Crippen LogP) is 5.24. The number of allylic oxidation sites excluding steroid dienone is 1. The maximum atomic E-state index is 12.1. The van der Waals surface area contributed by atoms with Gasteiger partial charge in [-0.1, -0.05) is 32.4 Å². The minimum Gasteiger partial charge on any atom is -0.466 e. The Hall–Kier alpha value is -1.85. The maximum Gasteiger partial charge on any atom is 0.302 e. The molecule has 4 rings (SSSR count). The molecular formula is C28H42O6. The Balaban J connectivity index is 1.60. The van der Waals surface area contributed by atoms with Crippen LogP contribution in [0.15, 0.2) is 11.6 Å². The van der Waals surface area contributed by atoms with Crippen molar-refractivity contribution in [2.24, 2.45) is 40.4 Å². The van der Waals surface area contributed by atoms with E-state index in [1.54, 1.807) is 0 Å². The minimum absolute atomic E-state index is 0.200. The van der Waals surface area contributed by atoms with E-state index in [4.69, 9.17) is 14.2 Å². The molecule has 3 fully saturated rings. The largest absolute Gasteiger partial charge is 0.466 e. The van der Waals surface area contributed by atoms with E-state index in [-0.39, 0.29) is 40.9 Å². The molecule has 4 aliphatic carbocycles. The number of carbonyl (C=O) groups is 3. The first-order chi connectivity index (χ1) is 16.0. The molecule has 0 spiro atoms. The highest BCUT2D eigenvalue weighted by Crippen LogP contribution is 2.67. The molecule has 0 aromatic heterocycles. The van der Waals surface area contributed by atoms with Crippen LogP contribution >= 0.6 is 0 Å². The quantitative estimate of drug-likeness (QED) is 0.308. The third kappa shape index (κ3) is 4.30. The second kappa shape index (κ2) is 9.31. The van der Waals surface area contributed by atoms with Gasteiger partial charge in [-0.15, -0.1) is 0 Å². The maximum absolute atomic E-state index is 12.1. The summed E-state index contributed by atoms with van der Waals surface area (Å²) in [6, 6.07) is 0. The zero-order valence-corrected chi connectivity index (χ0v) is 21.7. The molecule has 0 N–H and O–H groups in total. The number of hydrogen-bond acceptors (Lipinski definition) is 6. The Morgan fingerprint density at radius 1 is 1.00 bits per heavy atom. The van der Waals surface area contributed by atoms with E-state index in [0.717, 1.165) is 25.7 Å². The van der Waals surface area contributed by atoms with Crippen LogP contribution in [0.2, 0.25) is 0 Å². The zero-order valence-electron chi connectivity index (χ0n) is 21.7. The molecule has 9 atom stereocenters. The number of rotatable bonds is 5. The smallest absolute Gasteiger partial charge is 0.302 e. The van der Waals surface area contributed by atoms with E-state index in [9.17, 15) is 14.4 Å². The first-order valence-corrected chi connectivity index (χ1v) is 13.1. The molecule has 0 saturated heterocycles. The van der Waals surface area contributed by atoms with Crippen LogP contribution in [-0.2, 0) is 28.6 Å². The van der Waals surface area contributed by atoms with E-state index < -0.39 is 0 Å². The van der Waals surface area contributed by atoms with Crippen molar-refractivity contribution in [1.29, 1.82) is 0 Å². The third-order valence-corrected chi connectivity index (χ3v) is 10.1. The first kappa shape index (κ1) is 25.2. The van der Waals surface area contributed by atoms with Crippen LogP contribution in [0.1, 0.15) is 86.5 Å². The summed E-state index contributed by atoms with van der Waals surface area (Å²) in [6.45, 7) is 11.9. The Bertz CT molecular complexity index is 863. The van der Waals surface area contributed by atoms with Crippen LogP contribution in [0, 0.1) is 40.4 Å². The van der Waals surface area contributed by atoms with Gasteiger partial charge in [-0.25, -0.2) is 0 Å². The molecule has 0 aliphatic heterocycles. The van der Waals surface area contributed by atoms with Gasteiger partial charge in [-0.2, -0.15) is 0 Å². The van der Waals surface area contributed by atoms with Crippen LogP contribution in [0.3, 0.4) is 0 Å². The summed E-state index contributed by atoms with van der Waals surface area (Å²) in [5, 5.41) is 0. The van der Waals surface area contributed by atoms with Gasteiger partial charge < -0.3 is 14.2 Å². The molecule has 0 aromatic rings. The lowest BCUT2D eigenvalue weighted by Gasteiger charge is -2.60. The van der Waals surface area contributed by atoms with Crippen LogP contribution in [0.4, 0.5) is 0 Å². The molecule has 0 bridgehead atoms. The van der Waals surface area contributed by atoms with Crippen LogP contribution in [0.25, 0.3) is 0 Å². The van der Waals surface area contributed by atoms with E-state index in [2.05, 4.69) is 26.8 Å². The molecule has 0 amide bonds. The van der Waals surface area contributed by atoms with Crippen molar-refractivity contribution in [3.05, 3.63) is 11.6 Å². The second-order valence-electron chi connectivity index (χ2n) is 11.9. The fourth-order valence-corrected chi connectivity index (χ4v) is 8.69. The number of ether oxygens (including phenoxy) is 3. The number of esters is 3. The summed E-state index contributed by atoms with van der Waals surface area (Å²) >= 11 is 0. The molecule has 190 valence electrons. The molecule has 34 heavy (non-hydrogen) atoms. The summed E-state index contributed by atoms with van der Waals surface area (Å²) in [4.78, 5) is 35.1. The molecular weight excluding hydrogens is 432 g/mol. The lowest BCUT2D eigenvalue weighted by atomic mass is 9.46. The standard InChI is InChI=1S/C28H42O6/c1-16(15-32-17(2)29)23-9-10-24-22-8-7-20-13-21(33-18(3)30)14-26(34-19(4)31)28(20,6)25(22)11-12-27(23,24)5/h7,16,21-26H,8-15H2,1-6H3/t16-,21?,22+,23-,24+,25+,26?,27-,28+/m1/s1. The second-order valence-corrected chi connectivity index (χ2v) is 11.9. The highest BCUT2D eigenvalue weighted by molar-refractivity contribution is 5.67. The number of hydrogen-bond donors (Lipinski definition) is 0. The normalized spacial score (nSPS) is 41.8. The number of carbonyl (C=O) groups excluding carboxylic acids is 3. The van der Waals surface area contributed by atoms with Gasteiger partial charge in [-0.05, 0) is 67.1 Å². The molecule has 6 nitrogen and oxygen atoms in total. The van der Waals surface area contributed by atoms with Crippen molar-refractivity contribution in [2.75, 3.05) is 6.61 Å². The van der Waals surface area contributed by atoms with Crippen molar-refractivity contribution >= 4 is 17.9 Å². The highest BCUT2D eigenvalue weighted by Gasteiger charge is 2.62. The summed E-state index contributed by atoms with van der Waals surface area (Å²) in [5.41, 5.74) is 1.33. The Morgan fingerprint density at radius 2 is 1.71 bits per heavy atom. The van der Waals surface area contributed by atoms with Crippen LogP contribution in [0.5, 0.6) is 0 Å². The van der Waals surface area contributed by atoms with Gasteiger partial charge in [0.1, 0.15) is 12.2 Å². The number of fused-ring (bicyclic) bond motifs is 5. The van der Waals surface area contributed by atoms with Crippen molar-refractivity contribution in [3.63, 3.8) is 0 Å². The average molecular weight is 475 g/mol.